The summed E-state index contributed by atoms with van der Waals surface area (Å²) in [6.45, 7) is 2.56. The van der Waals surface area contributed by atoms with Gasteiger partial charge in [-0.05, 0) is 71.3 Å². The van der Waals surface area contributed by atoms with E-state index in [1.54, 1.807) is 0 Å². The summed E-state index contributed by atoms with van der Waals surface area (Å²) in [6, 6.07) is 23.2. The Morgan fingerprint density at radius 2 is 1.77 bits per heavy atom. The van der Waals surface area contributed by atoms with Gasteiger partial charge in [-0.3, -0.25) is 4.79 Å². The Kier molecular flexibility index (Phi) is 6.75. The number of amides is 1. The van der Waals surface area contributed by atoms with E-state index in [2.05, 4.69) is 17.2 Å². The van der Waals surface area contributed by atoms with Gasteiger partial charge in [-0.2, -0.15) is 0 Å². The van der Waals surface area contributed by atoms with Crippen LogP contribution in [0.5, 0.6) is 5.75 Å². The summed E-state index contributed by atoms with van der Waals surface area (Å²) in [5.74, 6) is 0.625. The second kappa shape index (κ2) is 9.86. The maximum absolute atomic E-state index is 12.4. The molecule has 6 heteroatoms. The number of aliphatic imine (C=N–C) groups is 1. The lowest BCUT2D eigenvalue weighted by molar-refractivity contribution is -0.115. The number of ether oxygens (including phenoxy) is 1. The van der Waals surface area contributed by atoms with Gasteiger partial charge in [-0.25, -0.2) is 4.99 Å². The summed E-state index contributed by atoms with van der Waals surface area (Å²) in [6.07, 6.45) is 2.75. The molecule has 0 aliphatic carbocycles. The second-order valence-corrected chi connectivity index (χ2v) is 8.42. The molecule has 31 heavy (non-hydrogen) atoms. The molecule has 0 atom stereocenters. The van der Waals surface area contributed by atoms with E-state index in [0.29, 0.717) is 21.7 Å². The number of amidine groups is 1. The molecule has 0 saturated carbocycles. The van der Waals surface area contributed by atoms with Crippen molar-refractivity contribution in [2.45, 2.75) is 20.0 Å². The molecular weight excluding hydrogens is 428 g/mol. The molecule has 0 spiro atoms. The van der Waals surface area contributed by atoms with E-state index < -0.39 is 0 Å². The third kappa shape index (κ3) is 5.57. The van der Waals surface area contributed by atoms with Crippen LogP contribution in [0, 0.1) is 0 Å². The minimum absolute atomic E-state index is 0.138. The predicted octanol–water partition coefficient (Wildman–Crippen LogP) is 6.37. The number of hydrogen-bond donors (Lipinski definition) is 1. The fraction of sp³-hybridized carbons (Fsp3) is 0.120. The van der Waals surface area contributed by atoms with E-state index in [1.807, 2.05) is 78.9 Å². The molecule has 0 bridgehead atoms. The Morgan fingerprint density at radius 1 is 1.03 bits per heavy atom. The number of nitrogens with zero attached hydrogens (tertiary/aromatic N) is 1. The number of halogens is 1. The number of nitrogens with one attached hydrogen (secondary N) is 1. The standard InChI is InChI=1S/C25H21ClN2O2S/c1-2-19-5-3-4-6-22(19)27-25-28-24(29)23(31-25)15-17-9-13-21(14-10-17)30-16-18-7-11-20(26)12-8-18/h3-15H,2,16H2,1H3,(H,27,28,29)/b23-15-. The summed E-state index contributed by atoms with van der Waals surface area (Å²) in [7, 11) is 0. The Hall–Kier alpha value is -3.02. The van der Waals surface area contributed by atoms with Crippen molar-refractivity contribution in [1.82, 2.24) is 5.32 Å². The number of carbonyl (C=O) groups is 1. The number of carbonyl (C=O) groups excluding carboxylic acids is 1. The van der Waals surface area contributed by atoms with Gasteiger partial charge in [0.05, 0.1) is 10.6 Å². The fourth-order valence-corrected chi connectivity index (χ4v) is 4.03. The topological polar surface area (TPSA) is 50.7 Å². The van der Waals surface area contributed by atoms with Crippen LogP contribution in [0.2, 0.25) is 5.02 Å². The molecule has 1 aliphatic rings. The average molecular weight is 449 g/mol. The van der Waals surface area contributed by atoms with Gasteiger partial charge < -0.3 is 10.1 Å². The van der Waals surface area contributed by atoms with E-state index in [4.69, 9.17) is 16.3 Å². The first-order valence-corrected chi connectivity index (χ1v) is 11.1. The van der Waals surface area contributed by atoms with Crippen molar-refractivity contribution in [2.75, 3.05) is 0 Å². The molecule has 4 rings (SSSR count). The Morgan fingerprint density at radius 3 is 2.52 bits per heavy atom. The smallest absolute Gasteiger partial charge is 0.264 e. The van der Waals surface area contributed by atoms with Crippen LogP contribution in [-0.2, 0) is 17.8 Å². The number of rotatable bonds is 6. The van der Waals surface area contributed by atoms with Gasteiger partial charge in [0.15, 0.2) is 5.17 Å². The Balaban J connectivity index is 1.42. The van der Waals surface area contributed by atoms with Crippen molar-refractivity contribution in [2.24, 2.45) is 4.99 Å². The molecule has 1 N–H and O–H groups in total. The maximum Gasteiger partial charge on any atom is 0.264 e. The molecule has 1 heterocycles. The molecule has 1 fully saturated rings. The number of para-hydroxylation sites is 1. The van der Waals surface area contributed by atoms with Crippen LogP contribution < -0.4 is 10.1 Å². The highest BCUT2D eigenvalue weighted by atomic mass is 35.5. The lowest BCUT2D eigenvalue weighted by Gasteiger charge is -2.06. The quantitative estimate of drug-likeness (QED) is 0.445. The molecule has 3 aromatic rings. The molecular formula is C25H21ClN2O2S. The highest BCUT2D eigenvalue weighted by Crippen LogP contribution is 2.29. The van der Waals surface area contributed by atoms with Crippen molar-refractivity contribution in [3.05, 3.63) is 99.4 Å². The van der Waals surface area contributed by atoms with Crippen LogP contribution in [-0.4, -0.2) is 11.1 Å². The SMILES string of the molecule is CCc1ccccc1N=C1NC(=O)/C(=C/c2ccc(OCc3ccc(Cl)cc3)cc2)S1. The van der Waals surface area contributed by atoms with Gasteiger partial charge in [0, 0.05) is 5.02 Å². The Labute approximate surface area is 191 Å². The number of thioether (sulfide) groups is 1. The molecule has 1 amide bonds. The van der Waals surface area contributed by atoms with E-state index in [9.17, 15) is 4.79 Å². The van der Waals surface area contributed by atoms with Gasteiger partial charge in [-0.15, -0.1) is 0 Å². The molecule has 4 nitrogen and oxygen atoms in total. The van der Waals surface area contributed by atoms with E-state index >= 15 is 0 Å². The van der Waals surface area contributed by atoms with Gasteiger partial charge in [0.1, 0.15) is 12.4 Å². The Bertz CT molecular complexity index is 1140. The molecule has 0 radical (unpaired) electrons. The summed E-state index contributed by atoms with van der Waals surface area (Å²) >= 11 is 7.25. The zero-order valence-electron chi connectivity index (χ0n) is 17.0. The summed E-state index contributed by atoms with van der Waals surface area (Å²) in [4.78, 5) is 17.6. The summed E-state index contributed by atoms with van der Waals surface area (Å²) < 4.78 is 5.82. The third-order valence-electron chi connectivity index (χ3n) is 4.74. The molecule has 0 unspecified atom stereocenters. The summed E-state index contributed by atoms with van der Waals surface area (Å²) in [5, 5.41) is 4.15. The largest absolute Gasteiger partial charge is 0.489 e. The minimum Gasteiger partial charge on any atom is -0.489 e. The van der Waals surface area contributed by atoms with Crippen LogP contribution in [0.4, 0.5) is 5.69 Å². The first kappa shape index (κ1) is 21.2. The molecule has 3 aromatic carbocycles. The van der Waals surface area contributed by atoms with Crippen molar-refractivity contribution >= 4 is 46.2 Å². The van der Waals surface area contributed by atoms with Crippen LogP contribution in [0.1, 0.15) is 23.6 Å². The third-order valence-corrected chi connectivity index (χ3v) is 5.90. The lowest BCUT2D eigenvalue weighted by Crippen LogP contribution is -2.19. The predicted molar refractivity (Wildman–Crippen MR) is 129 cm³/mol. The van der Waals surface area contributed by atoms with E-state index in [1.165, 1.54) is 11.8 Å². The molecule has 1 aliphatic heterocycles. The molecule has 0 aromatic heterocycles. The van der Waals surface area contributed by atoms with Gasteiger partial charge in [0.25, 0.3) is 5.91 Å². The number of benzene rings is 3. The zero-order chi connectivity index (χ0) is 21.6. The lowest BCUT2D eigenvalue weighted by atomic mass is 10.1. The van der Waals surface area contributed by atoms with Crippen molar-refractivity contribution in [3.63, 3.8) is 0 Å². The number of aryl methyl sites for hydroxylation is 1. The minimum atomic E-state index is -0.138. The first-order valence-electron chi connectivity index (χ1n) is 9.95. The zero-order valence-corrected chi connectivity index (χ0v) is 18.5. The number of hydrogen-bond acceptors (Lipinski definition) is 4. The van der Waals surface area contributed by atoms with Gasteiger partial charge in [-0.1, -0.05) is 61.0 Å². The highest BCUT2D eigenvalue weighted by molar-refractivity contribution is 8.18. The van der Waals surface area contributed by atoms with Crippen LogP contribution in [0.25, 0.3) is 6.08 Å². The van der Waals surface area contributed by atoms with Crippen molar-refractivity contribution in [3.8, 4) is 5.75 Å². The fourth-order valence-electron chi connectivity index (χ4n) is 3.07. The van der Waals surface area contributed by atoms with E-state index in [0.717, 1.165) is 34.5 Å². The maximum atomic E-state index is 12.4. The monoisotopic (exact) mass is 448 g/mol. The molecule has 1 saturated heterocycles. The summed E-state index contributed by atoms with van der Waals surface area (Å²) in [5.41, 5.74) is 4.01. The second-order valence-electron chi connectivity index (χ2n) is 6.95. The van der Waals surface area contributed by atoms with Gasteiger partial charge in [0.2, 0.25) is 0 Å². The van der Waals surface area contributed by atoms with Crippen LogP contribution in [0.15, 0.2) is 82.7 Å². The van der Waals surface area contributed by atoms with Crippen LogP contribution in [0.3, 0.4) is 0 Å². The van der Waals surface area contributed by atoms with Crippen molar-refractivity contribution < 1.29 is 9.53 Å². The van der Waals surface area contributed by atoms with Gasteiger partial charge >= 0.3 is 0 Å². The molecule has 156 valence electrons. The van der Waals surface area contributed by atoms with Crippen molar-refractivity contribution in [1.29, 1.82) is 0 Å². The van der Waals surface area contributed by atoms with Crippen LogP contribution >= 0.6 is 23.4 Å². The normalized spacial score (nSPS) is 16.0. The first-order chi connectivity index (χ1) is 15.1. The average Bonchev–Trinajstić information content (AvgIpc) is 3.13. The highest BCUT2D eigenvalue weighted by Gasteiger charge is 2.24. The van der Waals surface area contributed by atoms with E-state index in [-0.39, 0.29) is 5.91 Å².